The highest BCUT2D eigenvalue weighted by molar-refractivity contribution is 5.97. The largest absolute Gasteiger partial charge is 0.481 e. The molecule has 0 spiro atoms. The van der Waals surface area contributed by atoms with Gasteiger partial charge in [0.05, 0.1) is 42.7 Å². The van der Waals surface area contributed by atoms with Crippen LogP contribution in [0.1, 0.15) is 35.8 Å². The van der Waals surface area contributed by atoms with Crippen molar-refractivity contribution >= 4 is 29.4 Å². The molecular weight excluding hydrogens is 458 g/mol. The predicted octanol–water partition coefficient (Wildman–Crippen LogP) is 4.01. The number of hydrogen-bond donors (Lipinski definition) is 1. The average molecular weight is 482 g/mol. The summed E-state index contributed by atoms with van der Waals surface area (Å²) >= 11 is 0. The number of ketones is 1. The van der Waals surface area contributed by atoms with Crippen molar-refractivity contribution in [3.05, 3.63) is 65.6 Å². The molecule has 1 aromatic carbocycles. The maximum absolute atomic E-state index is 15.2. The van der Waals surface area contributed by atoms with Crippen molar-refractivity contribution < 1.29 is 27.9 Å². The van der Waals surface area contributed by atoms with Gasteiger partial charge in [0.2, 0.25) is 17.7 Å². The summed E-state index contributed by atoms with van der Waals surface area (Å²) in [6.45, 7) is 2.78. The third-order valence-electron chi connectivity index (χ3n) is 5.30. The van der Waals surface area contributed by atoms with Crippen molar-refractivity contribution in [2.45, 2.75) is 19.8 Å². The number of halogens is 2. The van der Waals surface area contributed by atoms with Gasteiger partial charge < -0.3 is 19.7 Å². The lowest BCUT2D eigenvalue weighted by Crippen LogP contribution is -2.30. The topological polar surface area (TPSA) is 101 Å². The summed E-state index contributed by atoms with van der Waals surface area (Å²) in [5.41, 5.74) is 1.25. The summed E-state index contributed by atoms with van der Waals surface area (Å²) in [5.74, 6) is -3.02. The molecule has 1 atom stereocenters. The van der Waals surface area contributed by atoms with E-state index >= 15 is 4.39 Å². The standard InChI is InChI=1S/C25H24F2N4O4/c1-14(13-32)24-19(9-17(26)11-28-24)23-20(10-22(35-4)30-25(23)27)31(3)12-21(34)29-18-7-5-16(6-8-18)15(2)33/h5-11,13-14H,12H2,1-4H3,(H,29,34). The first-order chi connectivity index (χ1) is 16.6. The molecule has 2 heterocycles. The van der Waals surface area contributed by atoms with Crippen LogP contribution in [0.4, 0.5) is 20.2 Å². The zero-order valence-corrected chi connectivity index (χ0v) is 19.6. The van der Waals surface area contributed by atoms with Gasteiger partial charge in [-0.25, -0.2) is 4.39 Å². The SMILES string of the molecule is COc1cc(N(C)CC(=O)Nc2ccc(C(C)=O)cc2)c(-c2cc(F)cnc2C(C)C=O)c(F)n1. The molecule has 0 saturated carbocycles. The molecule has 0 aliphatic carbocycles. The molecule has 3 aromatic rings. The Bertz CT molecular complexity index is 1270. The number of rotatable bonds is 9. The van der Waals surface area contributed by atoms with Crippen LogP contribution in [0.5, 0.6) is 5.88 Å². The van der Waals surface area contributed by atoms with Gasteiger partial charge in [-0.15, -0.1) is 0 Å². The zero-order valence-electron chi connectivity index (χ0n) is 19.6. The van der Waals surface area contributed by atoms with Crippen LogP contribution in [0.25, 0.3) is 11.1 Å². The number of Topliss-reactive ketones (excluding diaryl/α,β-unsaturated/α-hetero) is 1. The number of benzene rings is 1. The first kappa shape index (κ1) is 25.4. The number of pyridine rings is 2. The summed E-state index contributed by atoms with van der Waals surface area (Å²) < 4.78 is 34.4. The zero-order chi connectivity index (χ0) is 25.7. The molecule has 0 aliphatic heterocycles. The molecule has 1 unspecified atom stereocenters. The Morgan fingerprint density at radius 2 is 1.89 bits per heavy atom. The fourth-order valence-corrected chi connectivity index (χ4v) is 3.50. The average Bonchev–Trinajstić information content (AvgIpc) is 2.83. The van der Waals surface area contributed by atoms with Crippen molar-refractivity contribution in [1.82, 2.24) is 9.97 Å². The van der Waals surface area contributed by atoms with E-state index in [1.165, 1.54) is 25.0 Å². The molecule has 8 nitrogen and oxygen atoms in total. The maximum atomic E-state index is 15.2. The molecule has 0 radical (unpaired) electrons. The third kappa shape index (κ3) is 5.84. The van der Waals surface area contributed by atoms with Gasteiger partial charge in [0.25, 0.3) is 0 Å². The molecular formula is C25H24F2N4O4. The molecule has 0 fully saturated rings. The van der Waals surface area contributed by atoms with Crippen LogP contribution in [0.2, 0.25) is 0 Å². The number of anilines is 2. The van der Waals surface area contributed by atoms with E-state index in [9.17, 15) is 18.8 Å². The molecule has 0 saturated heterocycles. The van der Waals surface area contributed by atoms with Gasteiger partial charge in [-0.3, -0.25) is 14.6 Å². The fraction of sp³-hybridized carbons (Fsp3) is 0.240. The fourth-order valence-electron chi connectivity index (χ4n) is 3.50. The summed E-state index contributed by atoms with van der Waals surface area (Å²) in [5, 5.41) is 2.71. The smallest absolute Gasteiger partial charge is 0.243 e. The van der Waals surface area contributed by atoms with E-state index in [0.29, 0.717) is 17.5 Å². The van der Waals surface area contributed by atoms with Gasteiger partial charge >= 0.3 is 0 Å². The van der Waals surface area contributed by atoms with Gasteiger partial charge in [-0.2, -0.15) is 9.37 Å². The Hall–Kier alpha value is -4.21. The van der Waals surface area contributed by atoms with E-state index in [4.69, 9.17) is 4.74 Å². The van der Waals surface area contributed by atoms with Crippen LogP contribution in [-0.4, -0.2) is 48.6 Å². The van der Waals surface area contributed by atoms with Crippen LogP contribution in [0.15, 0.2) is 42.6 Å². The predicted molar refractivity (Wildman–Crippen MR) is 127 cm³/mol. The molecule has 1 amide bonds. The number of nitrogens with one attached hydrogen (secondary N) is 1. The van der Waals surface area contributed by atoms with E-state index in [2.05, 4.69) is 15.3 Å². The summed E-state index contributed by atoms with van der Waals surface area (Å²) in [4.78, 5) is 44.7. The van der Waals surface area contributed by atoms with Crippen LogP contribution in [-0.2, 0) is 9.59 Å². The number of nitrogens with zero attached hydrogens (tertiary/aromatic N) is 3. The van der Waals surface area contributed by atoms with Crippen LogP contribution < -0.4 is 15.0 Å². The minimum absolute atomic E-state index is 0.0410. The van der Waals surface area contributed by atoms with E-state index < -0.39 is 23.6 Å². The number of amides is 1. The number of methoxy groups -OCH3 is 1. The van der Waals surface area contributed by atoms with Crippen molar-refractivity contribution in [2.75, 3.05) is 30.9 Å². The number of likely N-dealkylation sites (N-methyl/N-ethyl adjacent to an activating group) is 1. The van der Waals surface area contributed by atoms with E-state index in [1.807, 2.05) is 0 Å². The highest BCUT2D eigenvalue weighted by Gasteiger charge is 2.24. The second-order valence-electron chi connectivity index (χ2n) is 7.90. The summed E-state index contributed by atoms with van der Waals surface area (Å²) in [7, 11) is 2.86. The van der Waals surface area contributed by atoms with Gasteiger partial charge in [0, 0.05) is 29.9 Å². The lowest BCUT2D eigenvalue weighted by Gasteiger charge is -2.24. The Morgan fingerprint density at radius 3 is 2.49 bits per heavy atom. The van der Waals surface area contributed by atoms with Gasteiger partial charge in [-0.1, -0.05) is 6.92 Å². The Labute approximate surface area is 201 Å². The molecule has 2 aromatic heterocycles. The lowest BCUT2D eigenvalue weighted by molar-refractivity contribution is -0.115. The first-order valence-electron chi connectivity index (χ1n) is 10.6. The molecule has 0 bridgehead atoms. The van der Waals surface area contributed by atoms with Crippen LogP contribution >= 0.6 is 0 Å². The molecule has 0 aliphatic rings. The van der Waals surface area contributed by atoms with E-state index in [-0.39, 0.29) is 40.7 Å². The number of ether oxygens (including phenoxy) is 1. The van der Waals surface area contributed by atoms with E-state index in [1.54, 1.807) is 38.2 Å². The molecule has 35 heavy (non-hydrogen) atoms. The van der Waals surface area contributed by atoms with Crippen LogP contribution in [0.3, 0.4) is 0 Å². The number of hydrogen-bond acceptors (Lipinski definition) is 7. The number of carbonyl (C=O) groups excluding carboxylic acids is 3. The Balaban J connectivity index is 1.98. The normalized spacial score (nSPS) is 11.5. The molecule has 3 rings (SSSR count). The highest BCUT2D eigenvalue weighted by atomic mass is 19.1. The summed E-state index contributed by atoms with van der Waals surface area (Å²) in [6.07, 6.45) is 1.56. The van der Waals surface area contributed by atoms with Crippen molar-refractivity contribution in [3.8, 4) is 17.0 Å². The quantitative estimate of drug-likeness (QED) is 0.279. The minimum atomic E-state index is -0.974. The second-order valence-corrected chi connectivity index (χ2v) is 7.90. The third-order valence-corrected chi connectivity index (χ3v) is 5.30. The van der Waals surface area contributed by atoms with Gasteiger partial charge in [-0.05, 0) is 37.3 Å². The Morgan fingerprint density at radius 1 is 1.20 bits per heavy atom. The Kier molecular flexibility index (Phi) is 7.85. The highest BCUT2D eigenvalue weighted by Crippen LogP contribution is 2.38. The first-order valence-corrected chi connectivity index (χ1v) is 10.6. The second kappa shape index (κ2) is 10.8. The monoisotopic (exact) mass is 482 g/mol. The van der Waals surface area contributed by atoms with Gasteiger partial charge in [0.15, 0.2) is 5.78 Å². The number of aldehydes is 1. The lowest BCUT2D eigenvalue weighted by atomic mass is 9.96. The van der Waals surface area contributed by atoms with Crippen molar-refractivity contribution in [2.24, 2.45) is 0 Å². The van der Waals surface area contributed by atoms with Gasteiger partial charge in [0.1, 0.15) is 12.1 Å². The van der Waals surface area contributed by atoms with Crippen molar-refractivity contribution in [3.63, 3.8) is 0 Å². The van der Waals surface area contributed by atoms with Crippen molar-refractivity contribution in [1.29, 1.82) is 0 Å². The molecule has 1 N–H and O–H groups in total. The summed E-state index contributed by atoms with van der Waals surface area (Å²) in [6, 6.07) is 8.86. The maximum Gasteiger partial charge on any atom is 0.243 e. The number of aromatic nitrogens is 2. The van der Waals surface area contributed by atoms with Crippen LogP contribution in [0, 0.1) is 11.8 Å². The number of carbonyl (C=O) groups is 3. The molecule has 182 valence electrons. The molecule has 10 heteroatoms. The minimum Gasteiger partial charge on any atom is -0.481 e. The van der Waals surface area contributed by atoms with E-state index in [0.717, 1.165) is 12.3 Å².